The molecule has 3 nitrogen and oxygen atoms in total. The van der Waals surface area contributed by atoms with Crippen LogP contribution in [-0.2, 0) is 11.3 Å². The van der Waals surface area contributed by atoms with Gasteiger partial charge in [0, 0.05) is 13.1 Å². The van der Waals surface area contributed by atoms with Crippen LogP contribution in [0.15, 0.2) is 24.3 Å². The van der Waals surface area contributed by atoms with Gasteiger partial charge < -0.3 is 10.1 Å². The SMILES string of the molecule is N#Cc1ccc(CNCCOC2CCCC2)cc1. The van der Waals surface area contributed by atoms with Gasteiger partial charge >= 0.3 is 0 Å². The van der Waals surface area contributed by atoms with E-state index in [2.05, 4.69) is 11.4 Å². The molecule has 2 rings (SSSR count). The summed E-state index contributed by atoms with van der Waals surface area (Å²) >= 11 is 0. The first-order valence-electron chi connectivity index (χ1n) is 6.70. The molecule has 1 aromatic carbocycles. The number of rotatable bonds is 6. The second-order valence-corrected chi connectivity index (χ2v) is 4.76. The predicted octanol–water partition coefficient (Wildman–Crippen LogP) is 2.61. The van der Waals surface area contributed by atoms with Crippen LogP contribution in [0.25, 0.3) is 0 Å². The van der Waals surface area contributed by atoms with Gasteiger partial charge in [0.25, 0.3) is 0 Å². The Labute approximate surface area is 109 Å². The summed E-state index contributed by atoms with van der Waals surface area (Å²) in [6, 6.07) is 9.81. The summed E-state index contributed by atoms with van der Waals surface area (Å²) in [5, 5.41) is 12.1. The summed E-state index contributed by atoms with van der Waals surface area (Å²) < 4.78 is 5.77. The average Bonchev–Trinajstić information content (AvgIpc) is 2.92. The van der Waals surface area contributed by atoms with Gasteiger partial charge in [-0.25, -0.2) is 0 Å². The van der Waals surface area contributed by atoms with Crippen LogP contribution >= 0.6 is 0 Å². The van der Waals surface area contributed by atoms with Crippen LogP contribution in [0.1, 0.15) is 36.8 Å². The van der Waals surface area contributed by atoms with Crippen molar-refractivity contribution in [3.8, 4) is 6.07 Å². The minimum absolute atomic E-state index is 0.502. The summed E-state index contributed by atoms with van der Waals surface area (Å²) in [7, 11) is 0. The molecule has 1 fully saturated rings. The normalized spacial score (nSPS) is 15.7. The molecule has 1 saturated carbocycles. The van der Waals surface area contributed by atoms with Gasteiger partial charge in [-0.3, -0.25) is 0 Å². The molecule has 0 aliphatic heterocycles. The molecule has 18 heavy (non-hydrogen) atoms. The smallest absolute Gasteiger partial charge is 0.0991 e. The van der Waals surface area contributed by atoms with E-state index >= 15 is 0 Å². The van der Waals surface area contributed by atoms with Gasteiger partial charge in [-0.2, -0.15) is 5.26 Å². The highest BCUT2D eigenvalue weighted by Gasteiger charge is 2.14. The van der Waals surface area contributed by atoms with Gasteiger partial charge in [-0.15, -0.1) is 0 Å². The summed E-state index contributed by atoms with van der Waals surface area (Å²) in [4.78, 5) is 0. The van der Waals surface area contributed by atoms with Crippen LogP contribution < -0.4 is 5.32 Å². The highest BCUT2D eigenvalue weighted by atomic mass is 16.5. The third kappa shape index (κ3) is 4.14. The minimum atomic E-state index is 0.502. The van der Waals surface area contributed by atoms with E-state index in [0.29, 0.717) is 11.7 Å². The van der Waals surface area contributed by atoms with Crippen LogP contribution in [-0.4, -0.2) is 19.3 Å². The monoisotopic (exact) mass is 244 g/mol. The first kappa shape index (κ1) is 13.1. The molecule has 1 aliphatic carbocycles. The number of hydrogen-bond acceptors (Lipinski definition) is 3. The van der Waals surface area contributed by atoms with E-state index in [0.717, 1.165) is 19.7 Å². The van der Waals surface area contributed by atoms with Crippen molar-refractivity contribution >= 4 is 0 Å². The Morgan fingerprint density at radius 3 is 2.61 bits per heavy atom. The first-order chi connectivity index (χ1) is 8.88. The lowest BCUT2D eigenvalue weighted by Crippen LogP contribution is -2.21. The number of ether oxygens (including phenoxy) is 1. The first-order valence-corrected chi connectivity index (χ1v) is 6.70. The molecular formula is C15H20N2O. The largest absolute Gasteiger partial charge is 0.377 e. The molecule has 0 amide bonds. The van der Waals surface area contributed by atoms with E-state index in [1.54, 1.807) is 0 Å². The van der Waals surface area contributed by atoms with Crippen LogP contribution in [0, 0.1) is 11.3 Å². The Hall–Kier alpha value is -1.37. The summed E-state index contributed by atoms with van der Waals surface area (Å²) in [6.45, 7) is 2.51. The summed E-state index contributed by atoms with van der Waals surface area (Å²) in [5.41, 5.74) is 1.91. The molecule has 0 bridgehead atoms. The second kappa shape index (κ2) is 7.15. The van der Waals surface area contributed by atoms with Crippen molar-refractivity contribution in [3.63, 3.8) is 0 Å². The quantitative estimate of drug-likeness (QED) is 0.782. The molecule has 96 valence electrons. The second-order valence-electron chi connectivity index (χ2n) is 4.76. The number of benzene rings is 1. The van der Waals surface area contributed by atoms with Gasteiger partial charge in [0.15, 0.2) is 0 Å². The third-order valence-electron chi connectivity index (χ3n) is 3.35. The van der Waals surface area contributed by atoms with Crippen molar-refractivity contribution in [2.24, 2.45) is 0 Å². The number of hydrogen-bond donors (Lipinski definition) is 1. The van der Waals surface area contributed by atoms with Gasteiger partial charge in [0.1, 0.15) is 0 Å². The Balaban J connectivity index is 1.58. The molecule has 0 aromatic heterocycles. The maximum Gasteiger partial charge on any atom is 0.0991 e. The maximum absolute atomic E-state index is 8.70. The zero-order chi connectivity index (χ0) is 12.6. The van der Waals surface area contributed by atoms with Crippen LogP contribution in [0.2, 0.25) is 0 Å². The molecule has 0 spiro atoms. The van der Waals surface area contributed by atoms with Crippen molar-refractivity contribution in [1.82, 2.24) is 5.32 Å². The molecule has 1 N–H and O–H groups in total. The Kier molecular flexibility index (Phi) is 5.19. The molecule has 0 unspecified atom stereocenters. The van der Waals surface area contributed by atoms with E-state index in [4.69, 9.17) is 10.00 Å². The van der Waals surface area contributed by atoms with Crippen molar-refractivity contribution in [2.75, 3.05) is 13.2 Å². The molecule has 3 heteroatoms. The summed E-state index contributed by atoms with van der Waals surface area (Å²) in [5.74, 6) is 0. The highest BCUT2D eigenvalue weighted by Crippen LogP contribution is 2.20. The fourth-order valence-electron chi connectivity index (χ4n) is 2.28. The Morgan fingerprint density at radius 2 is 1.94 bits per heavy atom. The van der Waals surface area contributed by atoms with Crippen LogP contribution in [0.3, 0.4) is 0 Å². The van der Waals surface area contributed by atoms with Gasteiger partial charge in [-0.1, -0.05) is 25.0 Å². The van der Waals surface area contributed by atoms with Crippen LogP contribution in [0.4, 0.5) is 0 Å². The minimum Gasteiger partial charge on any atom is -0.377 e. The predicted molar refractivity (Wildman–Crippen MR) is 71.1 cm³/mol. The Morgan fingerprint density at radius 1 is 1.22 bits per heavy atom. The standard InChI is InChI=1S/C15H20N2O/c16-11-13-5-7-14(8-6-13)12-17-9-10-18-15-3-1-2-4-15/h5-8,15,17H,1-4,9-10,12H2. The highest BCUT2D eigenvalue weighted by molar-refractivity contribution is 5.31. The fraction of sp³-hybridized carbons (Fsp3) is 0.533. The molecule has 1 aliphatic rings. The van der Waals surface area contributed by atoms with Gasteiger partial charge in [-0.05, 0) is 30.5 Å². The van der Waals surface area contributed by atoms with E-state index in [9.17, 15) is 0 Å². The molecular weight excluding hydrogens is 224 g/mol. The summed E-state index contributed by atoms with van der Waals surface area (Å²) in [6.07, 6.45) is 5.61. The number of nitrogens with one attached hydrogen (secondary N) is 1. The number of nitriles is 1. The number of nitrogens with zero attached hydrogens (tertiary/aromatic N) is 1. The zero-order valence-corrected chi connectivity index (χ0v) is 10.7. The lowest BCUT2D eigenvalue weighted by molar-refractivity contribution is 0.0603. The average molecular weight is 244 g/mol. The van der Waals surface area contributed by atoms with E-state index < -0.39 is 0 Å². The van der Waals surface area contributed by atoms with E-state index in [1.807, 2.05) is 24.3 Å². The van der Waals surface area contributed by atoms with Crippen molar-refractivity contribution in [1.29, 1.82) is 5.26 Å². The molecule has 0 atom stereocenters. The third-order valence-corrected chi connectivity index (χ3v) is 3.35. The molecule has 0 saturated heterocycles. The fourth-order valence-corrected chi connectivity index (χ4v) is 2.28. The van der Waals surface area contributed by atoms with E-state index in [-0.39, 0.29) is 0 Å². The molecule has 0 heterocycles. The van der Waals surface area contributed by atoms with Crippen molar-refractivity contribution in [2.45, 2.75) is 38.3 Å². The Bertz CT molecular complexity index is 388. The lowest BCUT2D eigenvalue weighted by Gasteiger charge is -2.11. The van der Waals surface area contributed by atoms with Crippen molar-refractivity contribution in [3.05, 3.63) is 35.4 Å². The maximum atomic E-state index is 8.70. The van der Waals surface area contributed by atoms with Gasteiger partial charge in [0.2, 0.25) is 0 Å². The molecule has 0 radical (unpaired) electrons. The van der Waals surface area contributed by atoms with Crippen molar-refractivity contribution < 1.29 is 4.74 Å². The lowest BCUT2D eigenvalue weighted by atomic mass is 10.1. The van der Waals surface area contributed by atoms with Gasteiger partial charge in [0.05, 0.1) is 24.3 Å². The molecule has 1 aromatic rings. The van der Waals surface area contributed by atoms with E-state index in [1.165, 1.54) is 31.2 Å². The topological polar surface area (TPSA) is 45.0 Å². The zero-order valence-electron chi connectivity index (χ0n) is 10.7. The van der Waals surface area contributed by atoms with Crippen LogP contribution in [0.5, 0.6) is 0 Å².